The molecule has 1 aromatic carbocycles. The molecule has 0 bridgehead atoms. The first kappa shape index (κ1) is 10.7. The number of benzene rings is 1. The van der Waals surface area contributed by atoms with Crippen LogP contribution in [-0.4, -0.2) is 6.00 Å². The molecular formula is C7H6Cl4Si. The topological polar surface area (TPSA) is 0 Å². The van der Waals surface area contributed by atoms with Crippen LogP contribution in [0.5, 0.6) is 0 Å². The minimum atomic E-state index is -2.60. The lowest BCUT2D eigenvalue weighted by molar-refractivity contribution is 1.39. The van der Waals surface area contributed by atoms with Gasteiger partial charge in [0.2, 0.25) is 0 Å². The molecule has 66 valence electrons. The highest BCUT2D eigenvalue weighted by atomic mass is 35.8. The second kappa shape index (κ2) is 4.21. The maximum atomic E-state index is 5.88. The fourth-order valence-corrected chi connectivity index (χ4v) is 3.21. The van der Waals surface area contributed by atoms with Crippen LogP contribution in [0.15, 0.2) is 24.3 Å². The van der Waals surface area contributed by atoms with Gasteiger partial charge in [0.25, 0.3) is 0 Å². The summed E-state index contributed by atoms with van der Waals surface area (Å²) in [5, 5.41) is 0.663. The van der Waals surface area contributed by atoms with Gasteiger partial charge < -0.3 is 0 Å². The van der Waals surface area contributed by atoms with Gasteiger partial charge >= 0.3 is 6.00 Å². The van der Waals surface area contributed by atoms with E-state index in [1.807, 2.05) is 18.2 Å². The highest BCUT2D eigenvalue weighted by Gasteiger charge is 2.26. The molecule has 0 aliphatic carbocycles. The third kappa shape index (κ3) is 3.54. The quantitative estimate of drug-likeness (QED) is 0.555. The molecule has 1 rings (SSSR count). The van der Waals surface area contributed by atoms with Gasteiger partial charge in [-0.05, 0) is 11.6 Å². The van der Waals surface area contributed by atoms with Crippen LogP contribution in [-0.2, 0) is 6.04 Å². The van der Waals surface area contributed by atoms with Crippen LogP contribution < -0.4 is 0 Å². The summed E-state index contributed by atoms with van der Waals surface area (Å²) >= 11 is 23.1. The monoisotopic (exact) mass is 258 g/mol. The first-order valence-electron chi connectivity index (χ1n) is 3.29. The molecule has 0 heterocycles. The highest BCUT2D eigenvalue weighted by molar-refractivity contribution is 7.64. The third-order valence-electron chi connectivity index (χ3n) is 1.35. The van der Waals surface area contributed by atoms with Gasteiger partial charge in [-0.3, -0.25) is 0 Å². The molecule has 0 aromatic heterocycles. The molecule has 0 nitrogen and oxygen atoms in total. The number of hydrogen-bond acceptors (Lipinski definition) is 0. The third-order valence-corrected chi connectivity index (χ3v) is 3.70. The van der Waals surface area contributed by atoms with Gasteiger partial charge in [-0.25, -0.2) is 0 Å². The maximum absolute atomic E-state index is 5.88. The van der Waals surface area contributed by atoms with Gasteiger partial charge in [-0.1, -0.05) is 29.8 Å². The smallest absolute Gasteiger partial charge is 0.126 e. The minimum Gasteiger partial charge on any atom is -0.126 e. The standard InChI is InChI=1S/C7H6Cl4Si/c8-7-4-2-1-3-6(7)5-12(9,10)11/h1-4H,5H2. The number of hydrogen-bond donors (Lipinski definition) is 0. The summed E-state index contributed by atoms with van der Waals surface area (Å²) in [4.78, 5) is 0. The van der Waals surface area contributed by atoms with Crippen molar-refractivity contribution in [1.29, 1.82) is 0 Å². The summed E-state index contributed by atoms with van der Waals surface area (Å²) in [5.41, 5.74) is 0.908. The molecule has 0 fully saturated rings. The Morgan fingerprint density at radius 2 is 1.67 bits per heavy atom. The van der Waals surface area contributed by atoms with E-state index in [2.05, 4.69) is 0 Å². The van der Waals surface area contributed by atoms with Gasteiger partial charge in [-0.15, -0.1) is 33.2 Å². The Morgan fingerprint density at radius 3 is 2.17 bits per heavy atom. The fourth-order valence-electron chi connectivity index (χ4n) is 0.858. The van der Waals surface area contributed by atoms with E-state index < -0.39 is 6.00 Å². The summed E-state index contributed by atoms with van der Waals surface area (Å²) in [6, 6.07) is 5.27. The van der Waals surface area contributed by atoms with Crippen LogP contribution in [0.3, 0.4) is 0 Å². The molecule has 0 saturated carbocycles. The molecule has 0 spiro atoms. The Labute approximate surface area is 91.5 Å². The largest absolute Gasteiger partial charge is 0.345 e. The lowest BCUT2D eigenvalue weighted by Gasteiger charge is -2.08. The zero-order chi connectivity index (χ0) is 9.19. The Morgan fingerprint density at radius 1 is 1.08 bits per heavy atom. The fraction of sp³-hybridized carbons (Fsp3) is 0.143. The molecule has 0 unspecified atom stereocenters. The molecule has 0 atom stereocenters. The van der Waals surface area contributed by atoms with Crippen LogP contribution in [0, 0.1) is 0 Å². The van der Waals surface area contributed by atoms with E-state index >= 15 is 0 Å². The number of halogens is 4. The lowest BCUT2D eigenvalue weighted by atomic mass is 10.2. The Bertz CT molecular complexity index is 268. The van der Waals surface area contributed by atoms with Crippen molar-refractivity contribution < 1.29 is 0 Å². The molecule has 12 heavy (non-hydrogen) atoms. The van der Waals surface area contributed by atoms with Crippen molar-refractivity contribution >= 4 is 50.8 Å². The SMILES string of the molecule is Clc1ccccc1C[Si](Cl)(Cl)Cl. The van der Waals surface area contributed by atoms with Crippen LogP contribution in [0.4, 0.5) is 0 Å². The molecule has 5 heteroatoms. The molecule has 0 amide bonds. The van der Waals surface area contributed by atoms with Crippen molar-refractivity contribution in [2.75, 3.05) is 0 Å². The molecule has 1 aromatic rings. The molecule has 0 aliphatic rings. The van der Waals surface area contributed by atoms with Crippen LogP contribution >= 0.6 is 44.8 Å². The zero-order valence-electron chi connectivity index (χ0n) is 6.03. The molecule has 0 aliphatic heterocycles. The lowest BCUT2D eigenvalue weighted by Crippen LogP contribution is -2.14. The second-order valence-electron chi connectivity index (χ2n) is 2.38. The average molecular weight is 260 g/mol. The van der Waals surface area contributed by atoms with Gasteiger partial charge in [0.15, 0.2) is 0 Å². The van der Waals surface area contributed by atoms with E-state index in [-0.39, 0.29) is 0 Å². The van der Waals surface area contributed by atoms with Gasteiger partial charge in [0, 0.05) is 11.1 Å². The van der Waals surface area contributed by atoms with E-state index in [1.54, 1.807) is 6.07 Å². The van der Waals surface area contributed by atoms with Crippen molar-refractivity contribution in [3.8, 4) is 0 Å². The Kier molecular flexibility index (Phi) is 3.74. The van der Waals surface area contributed by atoms with Crippen molar-refractivity contribution in [1.82, 2.24) is 0 Å². The van der Waals surface area contributed by atoms with Crippen molar-refractivity contribution in [3.05, 3.63) is 34.9 Å². The maximum Gasteiger partial charge on any atom is 0.345 e. The Hall–Kier alpha value is 0.597. The highest BCUT2D eigenvalue weighted by Crippen LogP contribution is 2.27. The summed E-state index contributed by atoms with van der Waals surface area (Å²) < 4.78 is 0. The van der Waals surface area contributed by atoms with E-state index in [0.717, 1.165) is 5.56 Å². The van der Waals surface area contributed by atoms with E-state index in [1.165, 1.54) is 0 Å². The van der Waals surface area contributed by atoms with E-state index in [0.29, 0.717) is 11.1 Å². The van der Waals surface area contributed by atoms with Crippen molar-refractivity contribution in [3.63, 3.8) is 0 Å². The molecular weight excluding hydrogens is 254 g/mol. The summed E-state index contributed by atoms with van der Waals surface area (Å²) in [6.07, 6.45) is 0. The van der Waals surface area contributed by atoms with Crippen molar-refractivity contribution in [2.45, 2.75) is 6.04 Å². The first-order chi connectivity index (χ1) is 5.49. The van der Waals surface area contributed by atoms with Crippen LogP contribution in [0.25, 0.3) is 0 Å². The molecule has 0 radical (unpaired) electrons. The summed E-state index contributed by atoms with van der Waals surface area (Å²) in [7, 11) is 0. The summed E-state index contributed by atoms with van der Waals surface area (Å²) in [6.45, 7) is 0. The average Bonchev–Trinajstić information content (AvgIpc) is 1.91. The predicted octanol–water partition coefficient (Wildman–Crippen LogP) is 4.08. The zero-order valence-corrected chi connectivity index (χ0v) is 10.1. The van der Waals surface area contributed by atoms with Gasteiger partial charge in [0.1, 0.15) is 0 Å². The number of rotatable bonds is 2. The molecule has 0 saturated heterocycles. The first-order valence-corrected chi connectivity index (χ1v) is 8.91. The summed E-state index contributed by atoms with van der Waals surface area (Å²) in [5.74, 6) is 0. The van der Waals surface area contributed by atoms with Crippen LogP contribution in [0.2, 0.25) is 5.02 Å². The second-order valence-corrected chi connectivity index (χ2v) is 11.9. The van der Waals surface area contributed by atoms with Crippen LogP contribution in [0.1, 0.15) is 5.56 Å². The minimum absolute atomic E-state index is 0.470. The Balaban J connectivity index is 2.83. The predicted molar refractivity (Wildman–Crippen MR) is 58.5 cm³/mol. The van der Waals surface area contributed by atoms with Gasteiger partial charge in [-0.2, -0.15) is 0 Å². The van der Waals surface area contributed by atoms with E-state index in [9.17, 15) is 0 Å². The van der Waals surface area contributed by atoms with Gasteiger partial charge in [0.05, 0.1) is 0 Å². The normalized spacial score (nSPS) is 11.7. The molecule has 0 N–H and O–H groups in total. The van der Waals surface area contributed by atoms with Crippen molar-refractivity contribution in [2.24, 2.45) is 0 Å². The van der Waals surface area contributed by atoms with E-state index in [4.69, 9.17) is 44.8 Å².